The van der Waals surface area contributed by atoms with Crippen LogP contribution in [0.2, 0.25) is 0 Å². The van der Waals surface area contributed by atoms with Crippen LogP contribution in [0.1, 0.15) is 72.1 Å². The summed E-state index contributed by atoms with van der Waals surface area (Å²) in [6.07, 6.45) is 7.28. The van der Waals surface area contributed by atoms with Crippen molar-refractivity contribution in [3.63, 3.8) is 0 Å². The van der Waals surface area contributed by atoms with Gasteiger partial charge in [0, 0.05) is 24.7 Å². The molecular formula is C23H34O4. The van der Waals surface area contributed by atoms with Crippen LogP contribution in [0.4, 0.5) is 0 Å². The lowest BCUT2D eigenvalue weighted by atomic mass is 9.44. The van der Waals surface area contributed by atoms with Crippen molar-refractivity contribution in [3.05, 3.63) is 0 Å². The van der Waals surface area contributed by atoms with E-state index in [9.17, 15) is 14.4 Å². The first-order valence-corrected chi connectivity index (χ1v) is 10.9. The highest BCUT2D eigenvalue weighted by Crippen LogP contribution is 2.66. The van der Waals surface area contributed by atoms with E-state index >= 15 is 0 Å². The molecule has 0 aliphatic heterocycles. The van der Waals surface area contributed by atoms with Crippen LogP contribution in [0.15, 0.2) is 0 Å². The zero-order valence-corrected chi connectivity index (χ0v) is 17.3. The molecule has 0 amide bonds. The highest BCUT2D eigenvalue weighted by Gasteiger charge is 2.64. The molecule has 4 aliphatic carbocycles. The lowest BCUT2D eigenvalue weighted by molar-refractivity contribution is -0.162. The van der Waals surface area contributed by atoms with Crippen LogP contribution in [0.25, 0.3) is 0 Å². The number of Topliss-reactive ketones (excluding diaryl/α,β-unsaturated/α-hetero) is 2. The molecule has 4 nitrogen and oxygen atoms in total. The van der Waals surface area contributed by atoms with E-state index < -0.39 is 0 Å². The lowest BCUT2D eigenvalue weighted by Crippen LogP contribution is -2.57. The van der Waals surface area contributed by atoms with Crippen molar-refractivity contribution in [1.82, 2.24) is 0 Å². The number of methoxy groups -OCH3 is 1. The third-order valence-corrected chi connectivity index (χ3v) is 9.59. The standard InChI is InChI=1S/C23H34O4/c1-13(21(26)27-4)17-7-8-18-16-6-5-14-11-15(24)9-10-22(14,2)19(16)12-20(25)23(17,18)3/h13-14,16-19H,5-12H2,1-4H3. The van der Waals surface area contributed by atoms with Gasteiger partial charge in [-0.2, -0.15) is 0 Å². The largest absolute Gasteiger partial charge is 0.469 e. The molecule has 8 atom stereocenters. The van der Waals surface area contributed by atoms with E-state index in [1.54, 1.807) is 0 Å². The van der Waals surface area contributed by atoms with E-state index in [0.29, 0.717) is 48.1 Å². The highest BCUT2D eigenvalue weighted by molar-refractivity contribution is 5.88. The molecule has 0 aromatic rings. The molecule has 0 bridgehead atoms. The number of carbonyl (C=O) groups is 3. The Morgan fingerprint density at radius 1 is 1.07 bits per heavy atom. The molecule has 4 aliphatic rings. The lowest BCUT2D eigenvalue weighted by Gasteiger charge is -2.59. The smallest absolute Gasteiger partial charge is 0.308 e. The fourth-order valence-corrected chi connectivity index (χ4v) is 7.94. The van der Waals surface area contributed by atoms with Crippen molar-refractivity contribution in [1.29, 1.82) is 0 Å². The van der Waals surface area contributed by atoms with Gasteiger partial charge in [0.25, 0.3) is 0 Å². The first-order chi connectivity index (χ1) is 12.7. The fraction of sp³-hybridized carbons (Fsp3) is 0.870. The molecule has 0 aromatic carbocycles. The Bertz CT molecular complexity index is 669. The second-order valence-electron chi connectivity index (χ2n) is 10.3. The van der Waals surface area contributed by atoms with Crippen molar-refractivity contribution >= 4 is 17.5 Å². The normalized spacial score (nSPS) is 47.6. The summed E-state index contributed by atoms with van der Waals surface area (Å²) in [6, 6.07) is 0. The zero-order chi connectivity index (χ0) is 19.6. The van der Waals surface area contributed by atoms with Crippen molar-refractivity contribution in [2.24, 2.45) is 46.3 Å². The van der Waals surface area contributed by atoms with Crippen molar-refractivity contribution in [2.45, 2.75) is 72.1 Å². The second-order valence-corrected chi connectivity index (χ2v) is 10.3. The van der Waals surface area contributed by atoms with Crippen LogP contribution < -0.4 is 0 Å². The molecule has 4 rings (SSSR count). The predicted octanol–water partition coefficient (Wildman–Crippen LogP) is 4.20. The summed E-state index contributed by atoms with van der Waals surface area (Å²) in [6.45, 7) is 6.45. The number of fused-ring (bicyclic) bond motifs is 5. The number of rotatable bonds is 2. The highest BCUT2D eigenvalue weighted by atomic mass is 16.5. The molecular weight excluding hydrogens is 340 g/mol. The first kappa shape index (κ1) is 19.1. The number of ether oxygens (including phenoxy) is 1. The monoisotopic (exact) mass is 374 g/mol. The zero-order valence-electron chi connectivity index (χ0n) is 17.3. The number of hydrogen-bond acceptors (Lipinski definition) is 4. The molecule has 8 unspecified atom stereocenters. The molecule has 27 heavy (non-hydrogen) atoms. The van der Waals surface area contributed by atoms with E-state index in [1.165, 1.54) is 7.11 Å². The number of carbonyl (C=O) groups excluding carboxylic acids is 3. The summed E-state index contributed by atoms with van der Waals surface area (Å²) in [5, 5.41) is 0. The van der Waals surface area contributed by atoms with E-state index in [4.69, 9.17) is 4.74 Å². The van der Waals surface area contributed by atoms with Gasteiger partial charge in [0.15, 0.2) is 0 Å². The molecule has 4 saturated carbocycles. The third-order valence-electron chi connectivity index (χ3n) is 9.59. The van der Waals surface area contributed by atoms with Crippen molar-refractivity contribution in [2.75, 3.05) is 7.11 Å². The fourth-order valence-electron chi connectivity index (χ4n) is 7.94. The van der Waals surface area contributed by atoms with E-state index in [2.05, 4.69) is 13.8 Å². The topological polar surface area (TPSA) is 60.4 Å². The molecule has 0 aromatic heterocycles. The maximum absolute atomic E-state index is 13.5. The number of ketones is 2. The Morgan fingerprint density at radius 3 is 2.52 bits per heavy atom. The summed E-state index contributed by atoms with van der Waals surface area (Å²) >= 11 is 0. The second kappa shape index (κ2) is 6.42. The minimum absolute atomic E-state index is 0.0989. The van der Waals surface area contributed by atoms with Crippen LogP contribution >= 0.6 is 0 Å². The number of esters is 1. The summed E-state index contributed by atoms with van der Waals surface area (Å²) < 4.78 is 5.01. The van der Waals surface area contributed by atoms with Gasteiger partial charge in [-0.15, -0.1) is 0 Å². The minimum Gasteiger partial charge on any atom is -0.469 e. The van der Waals surface area contributed by atoms with Crippen LogP contribution in [0, 0.1) is 46.3 Å². The van der Waals surface area contributed by atoms with Crippen molar-refractivity contribution < 1.29 is 19.1 Å². The maximum atomic E-state index is 13.5. The Balaban J connectivity index is 1.64. The quantitative estimate of drug-likeness (QED) is 0.680. The Morgan fingerprint density at radius 2 is 1.81 bits per heavy atom. The molecule has 4 heteroatoms. The minimum atomic E-state index is -0.386. The Labute approximate surface area is 162 Å². The molecule has 150 valence electrons. The molecule has 4 fully saturated rings. The van der Waals surface area contributed by atoms with Crippen molar-refractivity contribution in [3.8, 4) is 0 Å². The summed E-state index contributed by atoms with van der Waals surface area (Å²) in [4.78, 5) is 37.8. The van der Waals surface area contributed by atoms with Gasteiger partial charge in [0.1, 0.15) is 11.6 Å². The average Bonchev–Trinajstić information content (AvgIpc) is 3.01. The van der Waals surface area contributed by atoms with Crippen LogP contribution in [0.5, 0.6) is 0 Å². The van der Waals surface area contributed by atoms with E-state index in [-0.39, 0.29) is 28.6 Å². The van der Waals surface area contributed by atoms with E-state index in [1.807, 2.05) is 6.92 Å². The van der Waals surface area contributed by atoms with Gasteiger partial charge in [0.2, 0.25) is 0 Å². The van der Waals surface area contributed by atoms with Crippen LogP contribution in [0.3, 0.4) is 0 Å². The summed E-state index contributed by atoms with van der Waals surface area (Å²) in [7, 11) is 1.44. The predicted molar refractivity (Wildman–Crippen MR) is 102 cm³/mol. The third kappa shape index (κ3) is 2.57. The number of hydrogen-bond donors (Lipinski definition) is 0. The van der Waals surface area contributed by atoms with Gasteiger partial charge >= 0.3 is 5.97 Å². The van der Waals surface area contributed by atoms with Gasteiger partial charge in [0.05, 0.1) is 13.0 Å². The molecule has 0 heterocycles. The SMILES string of the molecule is COC(=O)C(C)C1CCC2C3CCC4CC(=O)CCC4(C)C3CC(=O)C12C. The summed E-state index contributed by atoms with van der Waals surface area (Å²) in [5.41, 5.74) is -0.248. The molecule has 0 N–H and O–H groups in total. The average molecular weight is 375 g/mol. The van der Waals surface area contributed by atoms with Gasteiger partial charge in [-0.25, -0.2) is 0 Å². The van der Waals surface area contributed by atoms with Crippen LogP contribution in [-0.2, 0) is 19.1 Å². The van der Waals surface area contributed by atoms with Gasteiger partial charge in [-0.3, -0.25) is 14.4 Å². The molecule has 0 saturated heterocycles. The summed E-state index contributed by atoms with van der Waals surface area (Å²) in [5.74, 6) is 2.31. The maximum Gasteiger partial charge on any atom is 0.308 e. The molecule has 0 radical (unpaired) electrons. The Hall–Kier alpha value is -1.19. The van der Waals surface area contributed by atoms with Gasteiger partial charge < -0.3 is 4.74 Å². The van der Waals surface area contributed by atoms with E-state index in [0.717, 1.165) is 38.5 Å². The van der Waals surface area contributed by atoms with Gasteiger partial charge in [-0.05, 0) is 67.1 Å². The first-order valence-electron chi connectivity index (χ1n) is 10.9. The van der Waals surface area contributed by atoms with Crippen LogP contribution in [-0.4, -0.2) is 24.6 Å². The molecule has 0 spiro atoms. The Kier molecular flexibility index (Phi) is 4.55. The van der Waals surface area contributed by atoms with Gasteiger partial charge in [-0.1, -0.05) is 20.8 Å².